The number of nitrogens with one attached hydrogen (secondary N) is 1. The van der Waals surface area contributed by atoms with Crippen molar-refractivity contribution in [1.29, 1.82) is 0 Å². The maximum atomic E-state index is 13.5. The number of amides is 1. The lowest BCUT2D eigenvalue weighted by molar-refractivity contribution is -0.114. The third-order valence-corrected chi connectivity index (χ3v) is 9.15. The fourth-order valence-electron chi connectivity index (χ4n) is 3.76. The first-order valence-electron chi connectivity index (χ1n) is 10.4. The van der Waals surface area contributed by atoms with Crippen molar-refractivity contribution in [3.8, 4) is 5.75 Å². The van der Waals surface area contributed by atoms with Crippen molar-refractivity contribution in [1.82, 2.24) is 9.21 Å². The van der Waals surface area contributed by atoms with E-state index >= 15 is 0 Å². The highest BCUT2D eigenvalue weighted by atomic mass is 32.2. The smallest absolute Gasteiger partial charge is 0.243 e. The van der Waals surface area contributed by atoms with Crippen molar-refractivity contribution in [3.63, 3.8) is 0 Å². The summed E-state index contributed by atoms with van der Waals surface area (Å²) < 4.78 is 57.7. The number of sulfonamides is 1. The molecule has 0 radical (unpaired) electrons. The third kappa shape index (κ3) is 6.64. The zero-order chi connectivity index (χ0) is 23.2. The molecule has 1 fully saturated rings. The quantitative estimate of drug-likeness (QED) is 0.517. The molecule has 1 aromatic carbocycles. The van der Waals surface area contributed by atoms with E-state index in [9.17, 15) is 21.6 Å². The molecule has 1 aromatic rings. The summed E-state index contributed by atoms with van der Waals surface area (Å²) in [6.45, 7) is 8.08. The van der Waals surface area contributed by atoms with Gasteiger partial charge in [0, 0.05) is 19.5 Å². The van der Waals surface area contributed by atoms with Gasteiger partial charge in [0.15, 0.2) is 9.84 Å². The fraction of sp³-hybridized carbons (Fsp3) is 0.650. The molecule has 1 heterocycles. The number of carbonyl (C=O) groups is 1. The number of nitrogens with zero attached hydrogens (tertiary/aromatic N) is 2. The summed E-state index contributed by atoms with van der Waals surface area (Å²) in [6.07, 6.45) is 0.869. The summed E-state index contributed by atoms with van der Waals surface area (Å²) in [7, 11) is -5.82. The van der Waals surface area contributed by atoms with Crippen LogP contribution in [0.15, 0.2) is 23.1 Å². The Morgan fingerprint density at radius 2 is 1.90 bits per heavy atom. The molecule has 0 aliphatic carbocycles. The van der Waals surface area contributed by atoms with E-state index in [1.165, 1.54) is 36.5 Å². The first-order chi connectivity index (χ1) is 14.5. The Balaban J connectivity index is 2.37. The summed E-state index contributed by atoms with van der Waals surface area (Å²) in [4.78, 5) is 13.7. The van der Waals surface area contributed by atoms with Crippen LogP contribution in [0.1, 0.15) is 33.6 Å². The lowest BCUT2D eigenvalue weighted by atomic mass is 10.2. The van der Waals surface area contributed by atoms with Crippen LogP contribution in [0.3, 0.4) is 0 Å². The second-order valence-corrected chi connectivity index (χ2v) is 11.7. The number of anilines is 1. The van der Waals surface area contributed by atoms with E-state index in [1.54, 1.807) is 0 Å². The van der Waals surface area contributed by atoms with Crippen LogP contribution < -0.4 is 10.1 Å². The molecule has 176 valence electrons. The second kappa shape index (κ2) is 10.8. The highest BCUT2D eigenvalue weighted by Crippen LogP contribution is 2.31. The number of benzene rings is 1. The molecule has 0 spiro atoms. The van der Waals surface area contributed by atoms with Crippen molar-refractivity contribution in [2.45, 2.75) is 44.6 Å². The fourth-order valence-corrected chi connectivity index (χ4v) is 7.31. The molecule has 11 heteroatoms. The lowest BCUT2D eigenvalue weighted by Crippen LogP contribution is -2.42. The van der Waals surface area contributed by atoms with Crippen molar-refractivity contribution < 1.29 is 26.4 Å². The normalized spacial score (nSPS) is 18.5. The van der Waals surface area contributed by atoms with Crippen LogP contribution in [-0.4, -0.2) is 82.8 Å². The Bertz CT molecular complexity index is 975. The van der Waals surface area contributed by atoms with Gasteiger partial charge in [0.2, 0.25) is 15.9 Å². The molecule has 9 nitrogen and oxygen atoms in total. The molecular weight excluding hydrogens is 442 g/mol. The minimum Gasteiger partial charge on any atom is -0.495 e. The van der Waals surface area contributed by atoms with Crippen LogP contribution >= 0.6 is 0 Å². The maximum Gasteiger partial charge on any atom is 0.243 e. The summed E-state index contributed by atoms with van der Waals surface area (Å²) in [6, 6.07) is 3.66. The van der Waals surface area contributed by atoms with E-state index in [-0.39, 0.29) is 41.0 Å². The molecule has 2 rings (SSSR count). The number of hydrogen-bond donors (Lipinski definition) is 1. The molecule has 1 N–H and O–H groups in total. The van der Waals surface area contributed by atoms with Gasteiger partial charge in [-0.15, -0.1) is 0 Å². The van der Waals surface area contributed by atoms with Crippen LogP contribution in [0.25, 0.3) is 0 Å². The van der Waals surface area contributed by atoms with Gasteiger partial charge in [0.05, 0.1) is 29.2 Å². The molecule has 1 saturated heterocycles. The Hall–Kier alpha value is -1.69. The van der Waals surface area contributed by atoms with Crippen LogP contribution in [-0.2, 0) is 24.7 Å². The zero-order valence-electron chi connectivity index (χ0n) is 18.6. The molecule has 1 amide bonds. The zero-order valence-corrected chi connectivity index (χ0v) is 20.3. The topological polar surface area (TPSA) is 113 Å². The van der Waals surface area contributed by atoms with Crippen LogP contribution in [0, 0.1) is 0 Å². The van der Waals surface area contributed by atoms with Gasteiger partial charge in [-0.2, -0.15) is 4.31 Å². The van der Waals surface area contributed by atoms with Crippen molar-refractivity contribution >= 4 is 31.5 Å². The minimum atomic E-state index is -3.99. The van der Waals surface area contributed by atoms with Gasteiger partial charge < -0.3 is 15.0 Å². The monoisotopic (exact) mass is 475 g/mol. The summed E-state index contributed by atoms with van der Waals surface area (Å²) >= 11 is 0. The van der Waals surface area contributed by atoms with E-state index in [0.717, 1.165) is 19.6 Å². The van der Waals surface area contributed by atoms with Gasteiger partial charge in [-0.05, 0) is 50.7 Å². The Labute approximate surface area is 185 Å². The maximum absolute atomic E-state index is 13.5. The molecular formula is C20H33N3O6S2. The second-order valence-electron chi connectivity index (χ2n) is 7.60. The van der Waals surface area contributed by atoms with Crippen LogP contribution in [0.5, 0.6) is 5.75 Å². The molecule has 1 aliphatic rings. The van der Waals surface area contributed by atoms with Gasteiger partial charge in [-0.1, -0.05) is 13.8 Å². The van der Waals surface area contributed by atoms with Gasteiger partial charge in [0.1, 0.15) is 5.75 Å². The van der Waals surface area contributed by atoms with E-state index < -0.39 is 25.9 Å². The van der Waals surface area contributed by atoms with Gasteiger partial charge in [-0.25, -0.2) is 16.8 Å². The third-order valence-electron chi connectivity index (χ3n) is 5.45. The predicted molar refractivity (Wildman–Crippen MR) is 121 cm³/mol. The Morgan fingerprint density at radius 1 is 1.23 bits per heavy atom. The average molecular weight is 476 g/mol. The molecule has 1 aliphatic heterocycles. The number of hydrogen-bond acceptors (Lipinski definition) is 7. The number of carbonyl (C=O) groups excluding carboxylic acids is 1. The van der Waals surface area contributed by atoms with Crippen molar-refractivity contribution in [2.75, 3.05) is 50.1 Å². The first kappa shape index (κ1) is 25.6. The van der Waals surface area contributed by atoms with Crippen molar-refractivity contribution in [3.05, 3.63) is 18.2 Å². The molecule has 31 heavy (non-hydrogen) atoms. The Kier molecular flexibility index (Phi) is 8.87. The molecule has 0 saturated carbocycles. The summed E-state index contributed by atoms with van der Waals surface area (Å²) in [5.41, 5.74) is 0.248. The summed E-state index contributed by atoms with van der Waals surface area (Å²) in [5, 5.41) is 2.58. The van der Waals surface area contributed by atoms with E-state index in [2.05, 4.69) is 10.2 Å². The number of rotatable bonds is 11. The average Bonchev–Trinajstić information content (AvgIpc) is 3.06. The van der Waals surface area contributed by atoms with E-state index in [1.807, 2.05) is 13.8 Å². The SMILES string of the molecule is CCN(CC)CCCN([C@H]1CCS(=O)(=O)C1)S(=O)(=O)c1ccc(OC)c(NC(C)=O)c1. The van der Waals surface area contributed by atoms with Crippen molar-refractivity contribution in [2.24, 2.45) is 0 Å². The van der Waals surface area contributed by atoms with E-state index in [4.69, 9.17) is 4.74 Å². The predicted octanol–water partition coefficient (Wildman–Crippen LogP) is 1.56. The first-order valence-corrected chi connectivity index (χ1v) is 13.7. The lowest BCUT2D eigenvalue weighted by Gasteiger charge is -2.29. The van der Waals surface area contributed by atoms with Crippen LogP contribution in [0.2, 0.25) is 0 Å². The highest BCUT2D eigenvalue weighted by Gasteiger charge is 2.38. The highest BCUT2D eigenvalue weighted by molar-refractivity contribution is 7.92. The van der Waals surface area contributed by atoms with E-state index in [0.29, 0.717) is 12.2 Å². The van der Waals surface area contributed by atoms with Gasteiger partial charge >= 0.3 is 0 Å². The molecule has 0 bridgehead atoms. The largest absolute Gasteiger partial charge is 0.495 e. The molecule has 1 atom stereocenters. The Morgan fingerprint density at radius 3 is 2.42 bits per heavy atom. The minimum absolute atomic E-state index is 0.0100. The van der Waals surface area contributed by atoms with Gasteiger partial charge in [-0.3, -0.25) is 4.79 Å². The summed E-state index contributed by atoms with van der Waals surface area (Å²) in [5.74, 6) is -0.206. The standard InChI is InChI=1S/C20H33N3O6S2/c1-5-22(6-2)11-7-12-23(17-10-13-30(25,26)15-17)31(27,28)18-8-9-20(29-4)19(14-18)21-16(3)24/h8-9,14,17H,5-7,10-13,15H2,1-4H3,(H,21,24)/t17-/m0/s1. The number of sulfone groups is 1. The number of methoxy groups -OCH3 is 1. The van der Waals surface area contributed by atoms with Crippen LogP contribution in [0.4, 0.5) is 5.69 Å². The van der Waals surface area contributed by atoms with Gasteiger partial charge in [0.25, 0.3) is 0 Å². The molecule has 0 aromatic heterocycles. The number of ether oxygens (including phenoxy) is 1. The molecule has 0 unspecified atom stereocenters.